The average molecular weight is 308 g/mol. The number of nitrogen functional groups attached to an aromatic ring is 1. The molecule has 7 heteroatoms. The van der Waals surface area contributed by atoms with Gasteiger partial charge in [0.05, 0.1) is 0 Å². The van der Waals surface area contributed by atoms with Gasteiger partial charge in [-0.05, 0) is 26.0 Å². The zero-order valence-electron chi connectivity index (χ0n) is 12.1. The van der Waals surface area contributed by atoms with Crippen molar-refractivity contribution in [2.75, 3.05) is 29.5 Å². The second-order valence-electron chi connectivity index (χ2n) is 4.59. The van der Waals surface area contributed by atoms with Gasteiger partial charge in [0.2, 0.25) is 0 Å². The molecule has 3 N–H and O–H groups in total. The van der Waals surface area contributed by atoms with Crippen LogP contribution in [0.1, 0.15) is 22.2 Å². The molecule has 0 fully saturated rings. The number of rotatable bonds is 4. The van der Waals surface area contributed by atoms with Crippen LogP contribution in [-0.4, -0.2) is 24.5 Å². The molecule has 1 aromatic heterocycles. The van der Waals surface area contributed by atoms with Crippen LogP contribution < -0.4 is 16.0 Å². The van der Waals surface area contributed by atoms with Gasteiger partial charge >= 0.3 is 0 Å². The zero-order chi connectivity index (χ0) is 15.6. The number of carbonyl (C=O) groups is 1. The SMILES string of the molecule is CCN(C)c1nc(N)c(C(=O)Nc2cccc(F)c2C)s1. The molecular formula is C14H17FN4OS. The molecule has 0 aliphatic rings. The minimum Gasteiger partial charge on any atom is -0.382 e. The first-order chi connectivity index (χ1) is 9.93. The van der Waals surface area contributed by atoms with Crippen LogP contribution in [0.25, 0.3) is 0 Å². The Bertz CT molecular complexity index is 671. The van der Waals surface area contributed by atoms with Gasteiger partial charge in [-0.2, -0.15) is 0 Å². The topological polar surface area (TPSA) is 71.2 Å². The summed E-state index contributed by atoms with van der Waals surface area (Å²) in [7, 11) is 1.87. The minimum absolute atomic E-state index is 0.182. The maximum Gasteiger partial charge on any atom is 0.269 e. The molecule has 0 saturated heterocycles. The number of amides is 1. The number of anilines is 3. The molecule has 0 radical (unpaired) electrons. The molecule has 0 unspecified atom stereocenters. The molecule has 2 aromatic rings. The zero-order valence-corrected chi connectivity index (χ0v) is 12.9. The first-order valence-electron chi connectivity index (χ1n) is 6.48. The number of hydrogen-bond donors (Lipinski definition) is 2. The molecule has 0 aliphatic carbocycles. The van der Waals surface area contributed by atoms with Gasteiger partial charge in [0.25, 0.3) is 5.91 Å². The normalized spacial score (nSPS) is 10.5. The molecule has 0 spiro atoms. The standard InChI is InChI=1S/C14H17FN4OS/c1-4-19(3)14-18-12(16)11(21-14)13(20)17-10-7-5-6-9(15)8(10)2/h5-7H,4,16H2,1-3H3,(H,17,20). The lowest BCUT2D eigenvalue weighted by molar-refractivity contribution is 0.103. The van der Waals surface area contributed by atoms with Crippen LogP contribution in [0.15, 0.2) is 18.2 Å². The van der Waals surface area contributed by atoms with Gasteiger partial charge in [-0.25, -0.2) is 9.37 Å². The fourth-order valence-corrected chi connectivity index (χ4v) is 2.61. The van der Waals surface area contributed by atoms with Gasteiger partial charge in [0, 0.05) is 24.8 Å². The molecular weight excluding hydrogens is 291 g/mol. The Kier molecular flexibility index (Phi) is 4.42. The molecule has 2 rings (SSSR count). The van der Waals surface area contributed by atoms with E-state index in [1.54, 1.807) is 19.1 Å². The Morgan fingerprint density at radius 1 is 1.52 bits per heavy atom. The first kappa shape index (κ1) is 15.2. The lowest BCUT2D eigenvalue weighted by atomic mass is 10.2. The maximum absolute atomic E-state index is 13.5. The Balaban J connectivity index is 2.25. The fraction of sp³-hybridized carbons (Fsp3) is 0.286. The number of nitrogens with two attached hydrogens (primary N) is 1. The van der Waals surface area contributed by atoms with E-state index < -0.39 is 0 Å². The van der Waals surface area contributed by atoms with E-state index in [0.29, 0.717) is 21.3 Å². The van der Waals surface area contributed by atoms with Crippen molar-refractivity contribution in [1.82, 2.24) is 4.98 Å². The van der Waals surface area contributed by atoms with E-state index in [1.807, 2.05) is 18.9 Å². The molecule has 0 saturated carbocycles. The van der Waals surface area contributed by atoms with Gasteiger partial charge < -0.3 is 16.0 Å². The van der Waals surface area contributed by atoms with Crippen LogP contribution in [0.4, 0.5) is 21.0 Å². The highest BCUT2D eigenvalue weighted by Crippen LogP contribution is 2.28. The van der Waals surface area contributed by atoms with Crippen molar-refractivity contribution in [2.45, 2.75) is 13.8 Å². The summed E-state index contributed by atoms with van der Waals surface area (Å²) in [6, 6.07) is 4.54. The number of carbonyl (C=O) groups excluding carboxylic acids is 1. The van der Waals surface area contributed by atoms with E-state index in [1.165, 1.54) is 17.4 Å². The minimum atomic E-state index is -0.380. The summed E-state index contributed by atoms with van der Waals surface area (Å²) < 4.78 is 13.5. The Morgan fingerprint density at radius 3 is 2.90 bits per heavy atom. The van der Waals surface area contributed by atoms with Crippen LogP contribution in [0, 0.1) is 12.7 Å². The van der Waals surface area contributed by atoms with E-state index in [0.717, 1.165) is 6.54 Å². The lowest BCUT2D eigenvalue weighted by Crippen LogP contribution is -2.15. The third kappa shape index (κ3) is 3.13. The largest absolute Gasteiger partial charge is 0.382 e. The number of thiazole rings is 1. The molecule has 0 aliphatic heterocycles. The van der Waals surface area contributed by atoms with Crippen molar-refractivity contribution < 1.29 is 9.18 Å². The maximum atomic E-state index is 13.5. The summed E-state index contributed by atoms with van der Waals surface area (Å²) in [6.45, 7) is 4.35. The number of nitrogens with one attached hydrogen (secondary N) is 1. The van der Waals surface area contributed by atoms with Crippen LogP contribution in [0.3, 0.4) is 0 Å². The van der Waals surface area contributed by atoms with E-state index >= 15 is 0 Å². The predicted octanol–water partition coefficient (Wildman–Crippen LogP) is 2.88. The molecule has 0 bridgehead atoms. The van der Waals surface area contributed by atoms with E-state index in [2.05, 4.69) is 10.3 Å². The molecule has 5 nitrogen and oxygen atoms in total. The van der Waals surface area contributed by atoms with Crippen LogP contribution in [0.2, 0.25) is 0 Å². The molecule has 1 amide bonds. The summed E-state index contributed by atoms with van der Waals surface area (Å²) in [6.07, 6.45) is 0. The fourth-order valence-electron chi connectivity index (χ4n) is 1.70. The summed E-state index contributed by atoms with van der Waals surface area (Å²) in [5.74, 6) is -0.562. The third-order valence-electron chi connectivity index (χ3n) is 3.17. The first-order valence-corrected chi connectivity index (χ1v) is 7.29. The summed E-state index contributed by atoms with van der Waals surface area (Å²) in [5, 5.41) is 3.35. The van der Waals surface area contributed by atoms with Crippen molar-refractivity contribution in [3.05, 3.63) is 34.5 Å². The van der Waals surface area contributed by atoms with E-state index in [9.17, 15) is 9.18 Å². The Hall–Kier alpha value is -2.15. The number of benzene rings is 1. The van der Waals surface area contributed by atoms with Crippen molar-refractivity contribution in [3.8, 4) is 0 Å². The van der Waals surface area contributed by atoms with Crippen molar-refractivity contribution in [2.24, 2.45) is 0 Å². The van der Waals surface area contributed by atoms with Crippen LogP contribution in [-0.2, 0) is 0 Å². The van der Waals surface area contributed by atoms with Gasteiger partial charge in [0.15, 0.2) is 5.13 Å². The highest BCUT2D eigenvalue weighted by atomic mass is 32.1. The molecule has 21 heavy (non-hydrogen) atoms. The number of nitrogens with zero attached hydrogens (tertiary/aromatic N) is 2. The van der Waals surface area contributed by atoms with Gasteiger partial charge in [-0.3, -0.25) is 4.79 Å². The van der Waals surface area contributed by atoms with Gasteiger partial charge in [-0.1, -0.05) is 17.4 Å². The second-order valence-corrected chi connectivity index (χ2v) is 5.57. The molecule has 112 valence electrons. The summed E-state index contributed by atoms with van der Waals surface area (Å²) in [4.78, 5) is 18.7. The monoisotopic (exact) mass is 308 g/mol. The summed E-state index contributed by atoms with van der Waals surface area (Å²) >= 11 is 1.21. The Labute approximate surface area is 126 Å². The quantitative estimate of drug-likeness (QED) is 0.911. The van der Waals surface area contributed by atoms with Crippen LogP contribution in [0.5, 0.6) is 0 Å². The Morgan fingerprint density at radius 2 is 2.24 bits per heavy atom. The average Bonchev–Trinajstić information content (AvgIpc) is 2.85. The van der Waals surface area contributed by atoms with Crippen molar-refractivity contribution in [3.63, 3.8) is 0 Å². The van der Waals surface area contributed by atoms with E-state index in [4.69, 9.17) is 5.73 Å². The lowest BCUT2D eigenvalue weighted by Gasteiger charge is -2.11. The molecule has 1 heterocycles. The van der Waals surface area contributed by atoms with E-state index in [-0.39, 0.29) is 17.5 Å². The number of halogens is 1. The van der Waals surface area contributed by atoms with Crippen molar-refractivity contribution in [1.29, 1.82) is 0 Å². The van der Waals surface area contributed by atoms with Gasteiger partial charge in [-0.15, -0.1) is 0 Å². The predicted molar refractivity (Wildman–Crippen MR) is 84.6 cm³/mol. The second kappa shape index (κ2) is 6.09. The number of hydrogen-bond acceptors (Lipinski definition) is 5. The highest BCUT2D eigenvalue weighted by Gasteiger charge is 2.18. The van der Waals surface area contributed by atoms with Crippen LogP contribution >= 0.6 is 11.3 Å². The van der Waals surface area contributed by atoms with Crippen molar-refractivity contribution >= 4 is 33.9 Å². The van der Waals surface area contributed by atoms with Gasteiger partial charge in [0.1, 0.15) is 16.5 Å². The number of aromatic nitrogens is 1. The molecule has 0 atom stereocenters. The molecule has 1 aromatic carbocycles. The highest BCUT2D eigenvalue weighted by molar-refractivity contribution is 7.18. The third-order valence-corrected chi connectivity index (χ3v) is 4.35. The smallest absolute Gasteiger partial charge is 0.269 e. The summed E-state index contributed by atoms with van der Waals surface area (Å²) in [5.41, 5.74) is 6.61.